The number of carbonyl (C=O) groups excluding carboxylic acids is 1. The van der Waals surface area contributed by atoms with Gasteiger partial charge in [0, 0.05) is 17.5 Å². The zero-order valence-electron chi connectivity index (χ0n) is 16.5. The van der Waals surface area contributed by atoms with Crippen LogP contribution < -0.4 is 10.1 Å². The van der Waals surface area contributed by atoms with Crippen molar-refractivity contribution in [3.63, 3.8) is 0 Å². The van der Waals surface area contributed by atoms with Crippen LogP contribution in [0.1, 0.15) is 5.82 Å². The number of hydrogen-bond acceptors (Lipinski definition) is 5. The van der Waals surface area contributed by atoms with Crippen molar-refractivity contribution >= 4 is 57.3 Å². The molecule has 1 N–H and O–H groups in total. The number of anilines is 1. The Labute approximate surface area is 193 Å². The summed E-state index contributed by atoms with van der Waals surface area (Å²) in [5.41, 5.74) is 0.513. The largest absolute Gasteiger partial charge is 0.485 e. The number of thioether (sulfide) groups is 1. The molecule has 4 rings (SSSR count). The maximum atomic E-state index is 12.3. The van der Waals surface area contributed by atoms with Crippen molar-refractivity contribution in [2.75, 3.05) is 11.1 Å². The van der Waals surface area contributed by atoms with Gasteiger partial charge in [0.25, 0.3) is 0 Å². The van der Waals surface area contributed by atoms with Crippen LogP contribution in [0, 0.1) is 0 Å². The molecule has 0 fully saturated rings. The summed E-state index contributed by atoms with van der Waals surface area (Å²) in [4.78, 5) is 12.3. The van der Waals surface area contributed by atoms with Crippen LogP contribution in [0.2, 0.25) is 10.0 Å². The fourth-order valence-corrected chi connectivity index (χ4v) is 4.15. The molecule has 158 valence electrons. The monoisotopic (exact) mass is 472 g/mol. The van der Waals surface area contributed by atoms with E-state index in [9.17, 15) is 4.79 Å². The molecule has 0 aliphatic carbocycles. The number of hydrogen-bond donors (Lipinski definition) is 1. The van der Waals surface area contributed by atoms with E-state index in [2.05, 4.69) is 15.5 Å². The SMILES string of the molecule is Cn1c(COc2cccc3ccccc23)nnc1SCC(=O)Nc1ccc(Cl)cc1Cl. The van der Waals surface area contributed by atoms with E-state index in [1.54, 1.807) is 18.2 Å². The van der Waals surface area contributed by atoms with Crippen LogP contribution in [0.4, 0.5) is 5.69 Å². The summed E-state index contributed by atoms with van der Waals surface area (Å²) in [7, 11) is 1.85. The van der Waals surface area contributed by atoms with Crippen molar-refractivity contribution in [2.45, 2.75) is 11.8 Å². The van der Waals surface area contributed by atoms with Crippen molar-refractivity contribution in [3.05, 3.63) is 76.5 Å². The first-order valence-electron chi connectivity index (χ1n) is 9.38. The Morgan fingerprint density at radius 1 is 1.10 bits per heavy atom. The lowest BCUT2D eigenvalue weighted by Gasteiger charge is -2.09. The fourth-order valence-electron chi connectivity index (χ4n) is 2.97. The second-order valence-corrected chi connectivity index (χ2v) is 8.47. The van der Waals surface area contributed by atoms with Gasteiger partial charge in [0.05, 0.1) is 16.5 Å². The molecule has 3 aromatic carbocycles. The van der Waals surface area contributed by atoms with Crippen molar-refractivity contribution < 1.29 is 9.53 Å². The summed E-state index contributed by atoms with van der Waals surface area (Å²) in [6.07, 6.45) is 0. The third-order valence-corrected chi connectivity index (χ3v) is 6.14. The standard InChI is InChI=1S/C22H18Cl2N4O2S/c1-28-20(12-30-19-8-4-6-14-5-2-3-7-16(14)19)26-27-22(28)31-13-21(29)25-18-10-9-15(23)11-17(18)24/h2-11H,12-13H2,1H3,(H,25,29). The zero-order valence-corrected chi connectivity index (χ0v) is 18.8. The molecule has 0 aliphatic heterocycles. The third kappa shape index (κ3) is 5.12. The van der Waals surface area contributed by atoms with E-state index in [0.717, 1.165) is 16.5 Å². The molecule has 0 atom stereocenters. The summed E-state index contributed by atoms with van der Waals surface area (Å²) in [6, 6.07) is 18.9. The highest BCUT2D eigenvalue weighted by molar-refractivity contribution is 7.99. The first-order valence-corrected chi connectivity index (χ1v) is 11.1. The minimum Gasteiger partial charge on any atom is -0.485 e. The average Bonchev–Trinajstić information content (AvgIpc) is 3.12. The molecular weight excluding hydrogens is 455 g/mol. The molecule has 9 heteroatoms. The Balaban J connectivity index is 1.36. The van der Waals surface area contributed by atoms with Crippen LogP contribution in [-0.2, 0) is 18.4 Å². The minimum absolute atomic E-state index is 0.162. The van der Waals surface area contributed by atoms with Gasteiger partial charge in [-0.05, 0) is 29.7 Å². The number of carbonyl (C=O) groups is 1. The van der Waals surface area contributed by atoms with Crippen LogP contribution in [-0.4, -0.2) is 26.4 Å². The summed E-state index contributed by atoms with van der Waals surface area (Å²) < 4.78 is 7.81. The Kier molecular flexibility index (Phi) is 6.65. The molecule has 0 unspecified atom stereocenters. The number of rotatable bonds is 7. The number of nitrogens with one attached hydrogen (secondary N) is 1. The number of halogens is 2. The Morgan fingerprint density at radius 2 is 1.90 bits per heavy atom. The molecule has 0 spiro atoms. The highest BCUT2D eigenvalue weighted by Gasteiger charge is 2.13. The summed E-state index contributed by atoms with van der Waals surface area (Å²) in [5.74, 6) is 1.41. The number of aromatic nitrogens is 3. The molecule has 1 amide bonds. The first-order chi connectivity index (χ1) is 15.0. The predicted octanol–water partition coefficient (Wildman–Crippen LogP) is 5.58. The van der Waals surface area contributed by atoms with Gasteiger partial charge in [-0.15, -0.1) is 10.2 Å². The van der Waals surface area contributed by atoms with Gasteiger partial charge in [0.15, 0.2) is 11.0 Å². The first kappa shape index (κ1) is 21.5. The van der Waals surface area contributed by atoms with Crippen molar-refractivity contribution in [1.82, 2.24) is 14.8 Å². The van der Waals surface area contributed by atoms with Crippen LogP contribution >= 0.6 is 35.0 Å². The van der Waals surface area contributed by atoms with E-state index in [0.29, 0.717) is 26.7 Å². The second-order valence-electron chi connectivity index (χ2n) is 6.68. The molecule has 1 aromatic heterocycles. The van der Waals surface area contributed by atoms with Crippen LogP contribution in [0.25, 0.3) is 10.8 Å². The maximum absolute atomic E-state index is 12.3. The summed E-state index contributed by atoms with van der Waals surface area (Å²) >= 11 is 13.3. The Hall–Kier alpha value is -2.74. The quantitative estimate of drug-likeness (QED) is 0.355. The van der Waals surface area contributed by atoms with Gasteiger partial charge in [-0.2, -0.15) is 0 Å². The Morgan fingerprint density at radius 3 is 2.74 bits per heavy atom. The molecule has 6 nitrogen and oxygen atoms in total. The molecular formula is C22H18Cl2N4O2S. The fraction of sp³-hybridized carbons (Fsp3) is 0.136. The average molecular weight is 473 g/mol. The van der Waals surface area contributed by atoms with Crippen molar-refractivity contribution in [2.24, 2.45) is 7.05 Å². The highest BCUT2D eigenvalue weighted by Crippen LogP contribution is 2.27. The van der Waals surface area contributed by atoms with E-state index in [-0.39, 0.29) is 18.3 Å². The zero-order chi connectivity index (χ0) is 21.8. The lowest BCUT2D eigenvalue weighted by molar-refractivity contribution is -0.113. The molecule has 0 aliphatic rings. The second kappa shape index (κ2) is 9.60. The molecule has 1 heterocycles. The van der Waals surface area contributed by atoms with Gasteiger partial charge in [-0.25, -0.2) is 0 Å². The van der Waals surface area contributed by atoms with E-state index in [4.69, 9.17) is 27.9 Å². The molecule has 31 heavy (non-hydrogen) atoms. The predicted molar refractivity (Wildman–Crippen MR) is 125 cm³/mol. The van der Waals surface area contributed by atoms with Gasteiger partial charge < -0.3 is 14.6 Å². The number of amides is 1. The van der Waals surface area contributed by atoms with E-state index < -0.39 is 0 Å². The Bertz CT molecular complexity index is 1240. The van der Waals surface area contributed by atoms with Crippen LogP contribution in [0.5, 0.6) is 5.75 Å². The van der Waals surface area contributed by atoms with E-state index >= 15 is 0 Å². The lowest BCUT2D eigenvalue weighted by atomic mass is 10.1. The molecule has 0 saturated heterocycles. The molecule has 0 saturated carbocycles. The van der Waals surface area contributed by atoms with E-state index in [1.807, 2.05) is 54.1 Å². The maximum Gasteiger partial charge on any atom is 0.234 e. The lowest BCUT2D eigenvalue weighted by Crippen LogP contribution is -2.15. The number of nitrogens with zero attached hydrogens (tertiary/aromatic N) is 3. The normalized spacial score (nSPS) is 10.9. The van der Waals surface area contributed by atoms with Gasteiger partial charge in [0.1, 0.15) is 12.4 Å². The molecule has 4 aromatic rings. The third-order valence-electron chi connectivity index (χ3n) is 4.57. The van der Waals surface area contributed by atoms with Gasteiger partial charge in [0.2, 0.25) is 5.91 Å². The van der Waals surface area contributed by atoms with Gasteiger partial charge in [-0.3, -0.25) is 4.79 Å². The van der Waals surface area contributed by atoms with Crippen LogP contribution in [0.3, 0.4) is 0 Å². The molecule has 0 bridgehead atoms. The summed E-state index contributed by atoms with van der Waals surface area (Å²) in [6.45, 7) is 0.268. The number of fused-ring (bicyclic) bond motifs is 1. The summed E-state index contributed by atoms with van der Waals surface area (Å²) in [5, 5.41) is 14.8. The minimum atomic E-state index is -0.203. The number of benzene rings is 3. The van der Waals surface area contributed by atoms with Gasteiger partial charge in [-0.1, -0.05) is 71.4 Å². The highest BCUT2D eigenvalue weighted by atomic mass is 35.5. The molecule has 0 radical (unpaired) electrons. The van der Waals surface area contributed by atoms with Crippen LogP contribution in [0.15, 0.2) is 65.8 Å². The smallest absolute Gasteiger partial charge is 0.234 e. The van der Waals surface area contributed by atoms with Crippen molar-refractivity contribution in [1.29, 1.82) is 0 Å². The van der Waals surface area contributed by atoms with E-state index in [1.165, 1.54) is 11.8 Å². The van der Waals surface area contributed by atoms with Crippen molar-refractivity contribution in [3.8, 4) is 5.75 Å². The topological polar surface area (TPSA) is 69.0 Å². The van der Waals surface area contributed by atoms with Gasteiger partial charge >= 0.3 is 0 Å². The number of ether oxygens (including phenoxy) is 1.